The van der Waals surface area contributed by atoms with Crippen molar-refractivity contribution in [1.82, 2.24) is 0 Å². The number of halogens is 1. The van der Waals surface area contributed by atoms with Crippen molar-refractivity contribution in [3.8, 4) is 5.75 Å². The van der Waals surface area contributed by atoms with Crippen LogP contribution in [0.15, 0.2) is 18.2 Å². The Kier molecular flexibility index (Phi) is 3.21. The molecule has 1 aliphatic heterocycles. The summed E-state index contributed by atoms with van der Waals surface area (Å²) in [6.07, 6.45) is 1.94. The number of hydrogen-bond acceptors (Lipinski definition) is 2. The fourth-order valence-corrected chi connectivity index (χ4v) is 1.67. The van der Waals surface area contributed by atoms with Crippen LogP contribution >= 0.6 is 0 Å². The Balaban J connectivity index is 2.05. The van der Waals surface area contributed by atoms with Crippen molar-refractivity contribution in [1.29, 1.82) is 0 Å². The van der Waals surface area contributed by atoms with Gasteiger partial charge in [-0.3, -0.25) is 0 Å². The van der Waals surface area contributed by atoms with Crippen LogP contribution in [0.1, 0.15) is 18.4 Å². The van der Waals surface area contributed by atoms with Gasteiger partial charge in [-0.15, -0.1) is 0 Å². The zero-order chi connectivity index (χ0) is 10.7. The second kappa shape index (κ2) is 4.62. The molecule has 1 fully saturated rings. The van der Waals surface area contributed by atoms with Gasteiger partial charge in [-0.1, -0.05) is 6.07 Å². The first-order chi connectivity index (χ1) is 7.25. The highest BCUT2D eigenvalue weighted by molar-refractivity contribution is 5.32. The van der Waals surface area contributed by atoms with E-state index in [0.717, 1.165) is 31.6 Å². The minimum Gasteiger partial charge on any atom is -0.490 e. The quantitative estimate of drug-likeness (QED) is 0.747. The molecule has 1 heterocycles. The van der Waals surface area contributed by atoms with Gasteiger partial charge in [0.05, 0.1) is 13.2 Å². The number of rotatable bonds is 2. The summed E-state index contributed by atoms with van der Waals surface area (Å²) in [5, 5.41) is 0. The average Bonchev–Trinajstić information content (AvgIpc) is 2.25. The molecule has 3 heteroatoms. The van der Waals surface area contributed by atoms with Gasteiger partial charge in [0, 0.05) is 18.9 Å². The maximum absolute atomic E-state index is 13.0. The molecule has 1 aromatic carbocycles. The maximum atomic E-state index is 13.0. The average molecular weight is 210 g/mol. The molecule has 82 valence electrons. The van der Waals surface area contributed by atoms with Crippen molar-refractivity contribution in [2.24, 2.45) is 0 Å². The van der Waals surface area contributed by atoms with Crippen molar-refractivity contribution < 1.29 is 13.9 Å². The van der Waals surface area contributed by atoms with Crippen LogP contribution in [-0.4, -0.2) is 19.3 Å². The van der Waals surface area contributed by atoms with Crippen LogP contribution in [0.5, 0.6) is 5.75 Å². The van der Waals surface area contributed by atoms with E-state index in [1.165, 1.54) is 12.1 Å². The van der Waals surface area contributed by atoms with Crippen LogP contribution < -0.4 is 4.74 Å². The summed E-state index contributed by atoms with van der Waals surface area (Å²) in [6, 6.07) is 4.64. The molecule has 2 nitrogen and oxygen atoms in total. The Labute approximate surface area is 89.0 Å². The van der Waals surface area contributed by atoms with Gasteiger partial charge >= 0.3 is 0 Å². The van der Waals surface area contributed by atoms with Gasteiger partial charge in [0.1, 0.15) is 17.7 Å². The highest BCUT2D eigenvalue weighted by atomic mass is 19.1. The van der Waals surface area contributed by atoms with Gasteiger partial charge in [0.15, 0.2) is 0 Å². The zero-order valence-corrected chi connectivity index (χ0v) is 8.83. The first-order valence-corrected chi connectivity index (χ1v) is 5.26. The molecule has 0 saturated carbocycles. The van der Waals surface area contributed by atoms with E-state index in [1.807, 2.05) is 6.92 Å². The fourth-order valence-electron chi connectivity index (χ4n) is 1.67. The summed E-state index contributed by atoms with van der Waals surface area (Å²) in [5.41, 5.74) is 0.975. The van der Waals surface area contributed by atoms with Gasteiger partial charge in [0.25, 0.3) is 0 Å². The maximum Gasteiger partial charge on any atom is 0.126 e. The summed E-state index contributed by atoms with van der Waals surface area (Å²) in [5.74, 6) is 0.407. The van der Waals surface area contributed by atoms with Crippen LogP contribution in [0.4, 0.5) is 4.39 Å². The standard InChI is InChI=1S/C12H15FO2/c1-9-2-3-10(13)8-12(9)15-11-4-6-14-7-5-11/h2-3,8,11H,4-7H2,1H3. The normalized spacial score (nSPS) is 17.7. The van der Waals surface area contributed by atoms with E-state index < -0.39 is 0 Å². The lowest BCUT2D eigenvalue weighted by atomic mass is 10.1. The molecule has 0 amide bonds. The molecule has 15 heavy (non-hydrogen) atoms. The van der Waals surface area contributed by atoms with Crippen LogP contribution in [0, 0.1) is 12.7 Å². The third-order valence-corrected chi connectivity index (χ3v) is 2.61. The molecule has 0 atom stereocenters. The molecular weight excluding hydrogens is 195 g/mol. The molecule has 1 aliphatic rings. The van der Waals surface area contributed by atoms with Gasteiger partial charge in [-0.2, -0.15) is 0 Å². The van der Waals surface area contributed by atoms with Crippen molar-refractivity contribution in [2.45, 2.75) is 25.9 Å². The summed E-state index contributed by atoms with van der Waals surface area (Å²) in [7, 11) is 0. The number of aryl methyl sites for hydroxylation is 1. The van der Waals surface area contributed by atoms with Crippen molar-refractivity contribution in [3.63, 3.8) is 0 Å². The monoisotopic (exact) mass is 210 g/mol. The number of benzene rings is 1. The van der Waals surface area contributed by atoms with Crippen LogP contribution in [0.25, 0.3) is 0 Å². The molecule has 2 rings (SSSR count). The molecule has 0 aromatic heterocycles. The molecular formula is C12H15FO2. The van der Waals surface area contributed by atoms with E-state index in [2.05, 4.69) is 0 Å². The van der Waals surface area contributed by atoms with Crippen LogP contribution in [0.2, 0.25) is 0 Å². The third kappa shape index (κ3) is 2.69. The Morgan fingerprint density at radius 2 is 2.07 bits per heavy atom. The van der Waals surface area contributed by atoms with Crippen molar-refractivity contribution in [2.75, 3.05) is 13.2 Å². The summed E-state index contributed by atoms with van der Waals surface area (Å²) in [6.45, 7) is 3.39. The van der Waals surface area contributed by atoms with E-state index in [4.69, 9.17) is 9.47 Å². The highest BCUT2D eigenvalue weighted by Crippen LogP contribution is 2.22. The molecule has 0 bridgehead atoms. The molecule has 0 radical (unpaired) electrons. The second-order valence-corrected chi connectivity index (χ2v) is 3.84. The minimum atomic E-state index is -0.248. The lowest BCUT2D eigenvalue weighted by Crippen LogP contribution is -2.26. The Morgan fingerprint density at radius 1 is 1.33 bits per heavy atom. The summed E-state index contributed by atoms with van der Waals surface area (Å²) < 4.78 is 24.0. The topological polar surface area (TPSA) is 18.5 Å². The zero-order valence-electron chi connectivity index (χ0n) is 8.83. The van der Waals surface area contributed by atoms with Crippen LogP contribution in [0.3, 0.4) is 0 Å². The molecule has 0 spiro atoms. The highest BCUT2D eigenvalue weighted by Gasteiger charge is 2.16. The largest absolute Gasteiger partial charge is 0.490 e. The van der Waals surface area contributed by atoms with Crippen LogP contribution in [-0.2, 0) is 4.74 Å². The lowest BCUT2D eigenvalue weighted by Gasteiger charge is -2.24. The smallest absolute Gasteiger partial charge is 0.126 e. The Morgan fingerprint density at radius 3 is 2.80 bits per heavy atom. The Bertz CT molecular complexity index is 332. The van der Waals surface area contributed by atoms with E-state index in [-0.39, 0.29) is 11.9 Å². The number of ether oxygens (including phenoxy) is 2. The van der Waals surface area contributed by atoms with Gasteiger partial charge in [-0.05, 0) is 18.6 Å². The van der Waals surface area contributed by atoms with E-state index >= 15 is 0 Å². The van der Waals surface area contributed by atoms with E-state index in [1.54, 1.807) is 6.07 Å². The summed E-state index contributed by atoms with van der Waals surface area (Å²) in [4.78, 5) is 0. The molecule has 1 saturated heterocycles. The lowest BCUT2D eigenvalue weighted by molar-refractivity contribution is 0.0252. The van der Waals surface area contributed by atoms with E-state index in [0.29, 0.717) is 5.75 Å². The summed E-state index contributed by atoms with van der Waals surface area (Å²) >= 11 is 0. The first kappa shape index (κ1) is 10.4. The van der Waals surface area contributed by atoms with Gasteiger partial charge in [0.2, 0.25) is 0 Å². The fraction of sp³-hybridized carbons (Fsp3) is 0.500. The Hall–Kier alpha value is -1.09. The second-order valence-electron chi connectivity index (χ2n) is 3.84. The van der Waals surface area contributed by atoms with Crippen molar-refractivity contribution in [3.05, 3.63) is 29.6 Å². The minimum absolute atomic E-state index is 0.166. The molecule has 0 N–H and O–H groups in total. The number of hydrogen-bond donors (Lipinski definition) is 0. The van der Waals surface area contributed by atoms with Gasteiger partial charge < -0.3 is 9.47 Å². The third-order valence-electron chi connectivity index (χ3n) is 2.61. The van der Waals surface area contributed by atoms with Gasteiger partial charge in [-0.25, -0.2) is 4.39 Å². The molecule has 1 aromatic rings. The predicted molar refractivity (Wildman–Crippen MR) is 55.6 cm³/mol. The molecule has 0 unspecified atom stereocenters. The SMILES string of the molecule is Cc1ccc(F)cc1OC1CCOCC1. The van der Waals surface area contributed by atoms with E-state index in [9.17, 15) is 4.39 Å². The molecule has 0 aliphatic carbocycles. The van der Waals surface area contributed by atoms with Crippen molar-refractivity contribution >= 4 is 0 Å². The first-order valence-electron chi connectivity index (χ1n) is 5.26. The predicted octanol–water partition coefficient (Wildman–Crippen LogP) is 2.69.